The molecule has 2 atom stereocenters. The highest BCUT2D eigenvalue weighted by molar-refractivity contribution is 5.81. The van der Waals surface area contributed by atoms with Gasteiger partial charge in [0.15, 0.2) is 0 Å². The number of hydrogen-bond acceptors (Lipinski definition) is 5. The van der Waals surface area contributed by atoms with E-state index in [4.69, 9.17) is 4.74 Å². The molecule has 0 unspecified atom stereocenters. The zero-order chi connectivity index (χ0) is 16.1. The molecule has 1 heterocycles. The molecule has 128 valence electrons. The van der Waals surface area contributed by atoms with Gasteiger partial charge in [-0.2, -0.15) is 0 Å². The molecular weight excluding hydrogens is 284 g/mol. The van der Waals surface area contributed by atoms with Gasteiger partial charge in [-0.15, -0.1) is 0 Å². The van der Waals surface area contributed by atoms with Crippen LogP contribution in [-0.4, -0.2) is 71.6 Å². The first-order valence-corrected chi connectivity index (χ1v) is 8.46. The molecule has 2 aliphatic rings. The Labute approximate surface area is 132 Å². The summed E-state index contributed by atoms with van der Waals surface area (Å²) in [7, 11) is 0. The summed E-state index contributed by atoms with van der Waals surface area (Å²) in [5.74, 6) is -0.189. The monoisotopic (exact) mass is 314 g/mol. The molecule has 0 aromatic carbocycles. The number of amides is 1. The van der Waals surface area contributed by atoms with E-state index < -0.39 is 12.2 Å². The third kappa shape index (κ3) is 5.83. The van der Waals surface area contributed by atoms with Gasteiger partial charge in [0.2, 0.25) is 5.91 Å². The van der Waals surface area contributed by atoms with Crippen LogP contribution in [0.5, 0.6) is 0 Å². The lowest BCUT2D eigenvalue weighted by Crippen LogP contribution is -2.46. The van der Waals surface area contributed by atoms with Gasteiger partial charge in [-0.1, -0.05) is 0 Å². The minimum Gasteiger partial charge on any atom is -0.389 e. The van der Waals surface area contributed by atoms with Crippen molar-refractivity contribution in [1.82, 2.24) is 10.2 Å². The second-order valence-corrected chi connectivity index (χ2v) is 6.90. The average molecular weight is 314 g/mol. The normalized spacial score (nSPS) is 23.5. The molecule has 1 aliphatic carbocycles. The Bertz CT molecular complexity index is 352. The summed E-state index contributed by atoms with van der Waals surface area (Å²) in [6.07, 6.45) is 2.40. The summed E-state index contributed by atoms with van der Waals surface area (Å²) >= 11 is 0. The van der Waals surface area contributed by atoms with Gasteiger partial charge in [0, 0.05) is 12.6 Å². The largest absolute Gasteiger partial charge is 0.389 e. The van der Waals surface area contributed by atoms with Crippen LogP contribution >= 0.6 is 0 Å². The van der Waals surface area contributed by atoms with E-state index in [9.17, 15) is 15.0 Å². The summed E-state index contributed by atoms with van der Waals surface area (Å²) in [4.78, 5) is 14.0. The van der Waals surface area contributed by atoms with Gasteiger partial charge in [-0.3, -0.25) is 4.79 Å². The number of nitrogens with one attached hydrogen (secondary N) is 1. The molecule has 2 fully saturated rings. The van der Waals surface area contributed by atoms with Gasteiger partial charge < -0.3 is 25.2 Å². The number of aliphatic hydroxyl groups is 2. The number of likely N-dealkylation sites (tertiary alicyclic amines) is 1. The van der Waals surface area contributed by atoms with Crippen LogP contribution in [0.25, 0.3) is 0 Å². The summed E-state index contributed by atoms with van der Waals surface area (Å²) in [6.45, 7) is 6.45. The fourth-order valence-corrected chi connectivity index (χ4v) is 2.83. The van der Waals surface area contributed by atoms with Crippen LogP contribution in [0.3, 0.4) is 0 Å². The number of ether oxygens (including phenoxy) is 1. The molecule has 1 saturated carbocycles. The van der Waals surface area contributed by atoms with Crippen LogP contribution in [0.15, 0.2) is 0 Å². The van der Waals surface area contributed by atoms with E-state index in [1.54, 1.807) is 0 Å². The van der Waals surface area contributed by atoms with Gasteiger partial charge in [0.05, 0.1) is 18.8 Å². The number of piperidine rings is 1. The highest BCUT2D eigenvalue weighted by Gasteiger charge is 2.33. The van der Waals surface area contributed by atoms with Gasteiger partial charge in [0.1, 0.15) is 6.10 Å². The first-order chi connectivity index (χ1) is 10.5. The number of nitrogens with zero attached hydrogens (tertiary/aromatic N) is 1. The SMILES string of the molecule is CC(C)OC[C@@H](O)CN1CCC([C@H](O)C(=O)NC2CC2)CC1. The third-order valence-corrected chi connectivity index (χ3v) is 4.36. The van der Waals surface area contributed by atoms with Crippen LogP contribution < -0.4 is 5.32 Å². The Morgan fingerprint density at radius 3 is 2.41 bits per heavy atom. The minimum absolute atomic E-state index is 0.0269. The predicted octanol–water partition coefficient (Wildman–Crippen LogP) is 0.124. The van der Waals surface area contributed by atoms with E-state index in [2.05, 4.69) is 10.2 Å². The fraction of sp³-hybridized carbons (Fsp3) is 0.938. The van der Waals surface area contributed by atoms with Crippen molar-refractivity contribution >= 4 is 5.91 Å². The third-order valence-electron chi connectivity index (χ3n) is 4.36. The van der Waals surface area contributed by atoms with Gasteiger partial charge >= 0.3 is 0 Å². The standard InChI is InChI=1S/C16H30N2O4/c1-11(2)22-10-14(19)9-18-7-5-12(6-8-18)15(20)16(21)17-13-3-4-13/h11-15,19-20H,3-10H2,1-2H3,(H,17,21)/t14-,15-/m0/s1. The Hall–Kier alpha value is -0.690. The molecule has 0 bridgehead atoms. The zero-order valence-corrected chi connectivity index (χ0v) is 13.7. The maximum Gasteiger partial charge on any atom is 0.249 e. The Morgan fingerprint density at radius 2 is 1.86 bits per heavy atom. The number of carbonyl (C=O) groups excluding carboxylic acids is 1. The first kappa shape index (κ1) is 17.7. The molecular formula is C16H30N2O4. The molecule has 3 N–H and O–H groups in total. The molecule has 6 heteroatoms. The van der Waals surface area contributed by atoms with E-state index in [1.165, 1.54) is 0 Å². The maximum absolute atomic E-state index is 11.9. The molecule has 2 rings (SSSR count). The molecule has 1 saturated heterocycles. The smallest absolute Gasteiger partial charge is 0.249 e. The molecule has 1 amide bonds. The lowest BCUT2D eigenvalue weighted by molar-refractivity contribution is -0.133. The van der Waals surface area contributed by atoms with Crippen molar-refractivity contribution in [2.24, 2.45) is 5.92 Å². The highest BCUT2D eigenvalue weighted by atomic mass is 16.5. The van der Waals surface area contributed by atoms with E-state index in [0.717, 1.165) is 38.8 Å². The number of hydrogen-bond donors (Lipinski definition) is 3. The van der Waals surface area contributed by atoms with Crippen molar-refractivity contribution in [3.63, 3.8) is 0 Å². The molecule has 0 aromatic heterocycles. The number of aliphatic hydroxyl groups excluding tert-OH is 2. The summed E-state index contributed by atoms with van der Waals surface area (Å²) in [6, 6.07) is 0.290. The Morgan fingerprint density at radius 1 is 1.23 bits per heavy atom. The zero-order valence-electron chi connectivity index (χ0n) is 13.7. The van der Waals surface area contributed by atoms with Crippen molar-refractivity contribution in [2.75, 3.05) is 26.2 Å². The quantitative estimate of drug-likeness (QED) is 0.593. The van der Waals surface area contributed by atoms with Gasteiger partial charge in [0.25, 0.3) is 0 Å². The van der Waals surface area contributed by atoms with Crippen LogP contribution in [0.2, 0.25) is 0 Å². The minimum atomic E-state index is -0.892. The summed E-state index contributed by atoms with van der Waals surface area (Å²) in [5, 5.41) is 22.9. The first-order valence-electron chi connectivity index (χ1n) is 8.46. The second-order valence-electron chi connectivity index (χ2n) is 6.90. The van der Waals surface area contributed by atoms with Crippen molar-refractivity contribution in [1.29, 1.82) is 0 Å². The van der Waals surface area contributed by atoms with Crippen molar-refractivity contribution < 1.29 is 19.7 Å². The molecule has 1 aliphatic heterocycles. The van der Waals surface area contributed by atoms with Crippen LogP contribution in [-0.2, 0) is 9.53 Å². The summed E-state index contributed by atoms with van der Waals surface area (Å²) < 4.78 is 5.41. The molecule has 22 heavy (non-hydrogen) atoms. The van der Waals surface area contributed by atoms with E-state index >= 15 is 0 Å². The average Bonchev–Trinajstić information content (AvgIpc) is 3.29. The lowest BCUT2D eigenvalue weighted by atomic mass is 9.90. The van der Waals surface area contributed by atoms with Crippen LogP contribution in [0.4, 0.5) is 0 Å². The molecule has 6 nitrogen and oxygen atoms in total. The number of β-amino-alcohol motifs (C(OH)–C–C–N with tert-alkyl or cyclic N) is 1. The van der Waals surface area contributed by atoms with Crippen LogP contribution in [0, 0.1) is 5.92 Å². The summed E-state index contributed by atoms with van der Waals surface area (Å²) in [5.41, 5.74) is 0. The highest BCUT2D eigenvalue weighted by Crippen LogP contribution is 2.23. The molecule has 0 radical (unpaired) electrons. The number of carbonyl (C=O) groups is 1. The maximum atomic E-state index is 11.9. The second kappa shape index (κ2) is 8.24. The van der Waals surface area contributed by atoms with Gasteiger partial charge in [-0.05, 0) is 58.5 Å². The fourth-order valence-electron chi connectivity index (χ4n) is 2.83. The Balaban J connectivity index is 1.65. The lowest BCUT2D eigenvalue weighted by Gasteiger charge is -2.34. The predicted molar refractivity (Wildman–Crippen MR) is 83.4 cm³/mol. The Kier molecular flexibility index (Phi) is 6.62. The van der Waals surface area contributed by atoms with Crippen molar-refractivity contribution in [3.8, 4) is 0 Å². The van der Waals surface area contributed by atoms with Crippen molar-refractivity contribution in [3.05, 3.63) is 0 Å². The van der Waals surface area contributed by atoms with E-state index in [0.29, 0.717) is 19.2 Å². The van der Waals surface area contributed by atoms with Crippen LogP contribution in [0.1, 0.15) is 39.5 Å². The van der Waals surface area contributed by atoms with E-state index in [-0.39, 0.29) is 17.9 Å². The molecule has 0 aromatic rings. The molecule has 0 spiro atoms. The number of rotatable bonds is 8. The topological polar surface area (TPSA) is 82.0 Å². The van der Waals surface area contributed by atoms with Crippen molar-refractivity contribution in [2.45, 2.75) is 63.9 Å². The van der Waals surface area contributed by atoms with Gasteiger partial charge in [-0.25, -0.2) is 0 Å². The van der Waals surface area contributed by atoms with E-state index in [1.807, 2.05) is 13.8 Å².